The van der Waals surface area contributed by atoms with Crippen LogP contribution in [0.3, 0.4) is 0 Å². The van der Waals surface area contributed by atoms with Crippen LogP contribution >= 0.6 is 0 Å². The molecule has 2 heterocycles. The van der Waals surface area contributed by atoms with Crippen LogP contribution in [-0.4, -0.2) is 71.5 Å². The van der Waals surface area contributed by atoms with E-state index in [-0.39, 0.29) is 5.91 Å². The quantitative estimate of drug-likeness (QED) is 0.817. The molecule has 0 aromatic carbocycles. The molecule has 1 aromatic heterocycles. The fourth-order valence-corrected chi connectivity index (χ4v) is 3.91. The second kappa shape index (κ2) is 8.61. The molecule has 2 fully saturated rings. The SMILES string of the molecule is CC1CCC(N(C)CCC(=O)N2CCN(c3ncccn3)CC2)CC1. The Hall–Kier alpha value is -1.69. The number of anilines is 1. The summed E-state index contributed by atoms with van der Waals surface area (Å²) in [7, 11) is 2.18. The van der Waals surface area contributed by atoms with Crippen LogP contribution in [0.5, 0.6) is 0 Å². The van der Waals surface area contributed by atoms with E-state index >= 15 is 0 Å². The Morgan fingerprint density at radius 2 is 1.76 bits per heavy atom. The van der Waals surface area contributed by atoms with Crippen LogP contribution in [0.25, 0.3) is 0 Å². The summed E-state index contributed by atoms with van der Waals surface area (Å²) in [5.74, 6) is 1.92. The van der Waals surface area contributed by atoms with E-state index in [1.165, 1.54) is 25.7 Å². The third-order valence-corrected chi connectivity index (χ3v) is 5.75. The first-order valence-electron chi connectivity index (χ1n) is 9.63. The van der Waals surface area contributed by atoms with Crippen molar-refractivity contribution in [3.8, 4) is 0 Å². The number of carbonyl (C=O) groups excluding carboxylic acids is 1. The molecule has 1 aliphatic carbocycles. The topological polar surface area (TPSA) is 52.6 Å². The first-order valence-corrected chi connectivity index (χ1v) is 9.63. The minimum absolute atomic E-state index is 0.282. The lowest BCUT2D eigenvalue weighted by atomic mass is 9.87. The molecule has 6 nitrogen and oxygen atoms in total. The van der Waals surface area contributed by atoms with Crippen molar-refractivity contribution in [1.29, 1.82) is 0 Å². The van der Waals surface area contributed by atoms with E-state index in [0.717, 1.165) is 44.6 Å². The zero-order valence-electron chi connectivity index (χ0n) is 15.6. The molecule has 0 bridgehead atoms. The molecule has 0 atom stereocenters. The van der Waals surface area contributed by atoms with Crippen molar-refractivity contribution in [2.75, 3.05) is 44.7 Å². The maximum Gasteiger partial charge on any atom is 0.225 e. The van der Waals surface area contributed by atoms with E-state index in [4.69, 9.17) is 0 Å². The number of hydrogen-bond donors (Lipinski definition) is 0. The highest BCUT2D eigenvalue weighted by atomic mass is 16.2. The largest absolute Gasteiger partial charge is 0.339 e. The highest BCUT2D eigenvalue weighted by Crippen LogP contribution is 2.26. The van der Waals surface area contributed by atoms with Gasteiger partial charge >= 0.3 is 0 Å². The van der Waals surface area contributed by atoms with Gasteiger partial charge in [-0.15, -0.1) is 0 Å². The standard InChI is InChI=1S/C19H31N5O/c1-16-4-6-17(7-5-16)22(2)11-8-18(25)23-12-14-24(15-13-23)19-20-9-3-10-21-19/h3,9-10,16-17H,4-8,11-15H2,1-2H3. The molecule has 1 saturated heterocycles. The van der Waals surface area contributed by atoms with Gasteiger partial charge in [-0.05, 0) is 44.7 Å². The molecule has 1 aliphatic heterocycles. The average Bonchev–Trinajstić information content (AvgIpc) is 2.67. The summed E-state index contributed by atoms with van der Waals surface area (Å²) in [6.45, 7) is 6.38. The van der Waals surface area contributed by atoms with Crippen molar-refractivity contribution in [3.05, 3.63) is 18.5 Å². The van der Waals surface area contributed by atoms with Gasteiger partial charge in [-0.1, -0.05) is 6.92 Å². The van der Waals surface area contributed by atoms with E-state index in [2.05, 4.69) is 33.7 Å². The van der Waals surface area contributed by atoms with Crippen LogP contribution < -0.4 is 4.90 Å². The maximum atomic E-state index is 12.5. The van der Waals surface area contributed by atoms with Crippen molar-refractivity contribution in [3.63, 3.8) is 0 Å². The Labute approximate surface area is 151 Å². The lowest BCUT2D eigenvalue weighted by Gasteiger charge is -2.36. The predicted octanol–water partition coefficient (Wildman–Crippen LogP) is 2.03. The van der Waals surface area contributed by atoms with Crippen molar-refractivity contribution in [2.24, 2.45) is 5.92 Å². The summed E-state index contributed by atoms with van der Waals surface area (Å²) in [6.07, 6.45) is 9.37. The van der Waals surface area contributed by atoms with E-state index in [9.17, 15) is 4.79 Å². The molecule has 6 heteroatoms. The van der Waals surface area contributed by atoms with Gasteiger partial charge in [0.1, 0.15) is 0 Å². The minimum atomic E-state index is 0.282. The second-order valence-corrected chi connectivity index (χ2v) is 7.56. The first kappa shape index (κ1) is 18.1. The van der Waals surface area contributed by atoms with Gasteiger partial charge in [-0.2, -0.15) is 0 Å². The fourth-order valence-electron chi connectivity index (χ4n) is 3.91. The van der Waals surface area contributed by atoms with E-state index in [1.807, 2.05) is 11.0 Å². The molecule has 138 valence electrons. The molecule has 0 radical (unpaired) electrons. The first-order chi connectivity index (χ1) is 12.1. The monoisotopic (exact) mass is 345 g/mol. The minimum Gasteiger partial charge on any atom is -0.339 e. The Kier molecular flexibility index (Phi) is 6.24. The predicted molar refractivity (Wildman–Crippen MR) is 99.5 cm³/mol. The van der Waals surface area contributed by atoms with Crippen molar-refractivity contribution in [1.82, 2.24) is 19.8 Å². The maximum absolute atomic E-state index is 12.5. The third-order valence-electron chi connectivity index (χ3n) is 5.75. The van der Waals surface area contributed by atoms with Crippen molar-refractivity contribution in [2.45, 2.75) is 45.1 Å². The highest BCUT2D eigenvalue weighted by Gasteiger charge is 2.25. The molecular weight excluding hydrogens is 314 g/mol. The zero-order chi connectivity index (χ0) is 17.6. The summed E-state index contributed by atoms with van der Waals surface area (Å²) in [6, 6.07) is 2.49. The van der Waals surface area contributed by atoms with Gasteiger partial charge in [0.2, 0.25) is 11.9 Å². The number of carbonyl (C=O) groups is 1. The van der Waals surface area contributed by atoms with Gasteiger partial charge in [0.15, 0.2) is 0 Å². The number of nitrogens with zero attached hydrogens (tertiary/aromatic N) is 5. The second-order valence-electron chi connectivity index (χ2n) is 7.56. The average molecular weight is 345 g/mol. The number of aromatic nitrogens is 2. The van der Waals surface area contributed by atoms with Crippen molar-refractivity contribution >= 4 is 11.9 Å². The van der Waals surface area contributed by atoms with Gasteiger partial charge < -0.3 is 14.7 Å². The van der Waals surface area contributed by atoms with Crippen LogP contribution in [-0.2, 0) is 4.79 Å². The summed E-state index contributed by atoms with van der Waals surface area (Å²) < 4.78 is 0. The molecule has 0 unspecified atom stereocenters. The summed E-state index contributed by atoms with van der Waals surface area (Å²) >= 11 is 0. The van der Waals surface area contributed by atoms with Crippen LogP contribution in [0.15, 0.2) is 18.5 Å². The Morgan fingerprint density at radius 3 is 2.40 bits per heavy atom. The highest BCUT2D eigenvalue weighted by molar-refractivity contribution is 5.76. The lowest BCUT2D eigenvalue weighted by Crippen LogP contribution is -2.50. The Morgan fingerprint density at radius 1 is 1.12 bits per heavy atom. The molecule has 1 aromatic rings. The molecular formula is C19H31N5O. The molecule has 1 amide bonds. The van der Waals surface area contributed by atoms with Crippen molar-refractivity contribution < 1.29 is 4.79 Å². The summed E-state index contributed by atoms with van der Waals surface area (Å²) in [5, 5.41) is 0. The van der Waals surface area contributed by atoms with E-state index in [1.54, 1.807) is 12.4 Å². The Balaban J connectivity index is 1.39. The Bertz CT molecular complexity index is 536. The van der Waals surface area contributed by atoms with Crippen LogP contribution in [0.4, 0.5) is 5.95 Å². The number of amides is 1. The van der Waals surface area contributed by atoms with Crippen LogP contribution in [0, 0.1) is 5.92 Å². The van der Waals surface area contributed by atoms with Gasteiger partial charge in [-0.3, -0.25) is 4.79 Å². The smallest absolute Gasteiger partial charge is 0.225 e. The number of rotatable bonds is 5. The molecule has 2 aliphatic rings. The normalized spacial score (nSPS) is 24.6. The number of piperazine rings is 1. The van der Waals surface area contributed by atoms with Gasteiger partial charge in [0, 0.05) is 57.6 Å². The zero-order valence-corrected chi connectivity index (χ0v) is 15.6. The third kappa shape index (κ3) is 4.91. The van der Waals surface area contributed by atoms with Crippen LogP contribution in [0.2, 0.25) is 0 Å². The van der Waals surface area contributed by atoms with E-state index in [0.29, 0.717) is 12.5 Å². The lowest BCUT2D eigenvalue weighted by molar-refractivity contribution is -0.131. The summed E-state index contributed by atoms with van der Waals surface area (Å²) in [4.78, 5) is 27.7. The van der Waals surface area contributed by atoms with E-state index < -0.39 is 0 Å². The fraction of sp³-hybridized carbons (Fsp3) is 0.737. The molecule has 25 heavy (non-hydrogen) atoms. The molecule has 0 spiro atoms. The van der Waals surface area contributed by atoms with Gasteiger partial charge in [0.25, 0.3) is 0 Å². The summed E-state index contributed by atoms with van der Waals surface area (Å²) in [5.41, 5.74) is 0. The number of hydrogen-bond acceptors (Lipinski definition) is 5. The molecule has 1 saturated carbocycles. The van der Waals surface area contributed by atoms with Crippen LogP contribution in [0.1, 0.15) is 39.0 Å². The molecule has 3 rings (SSSR count). The van der Waals surface area contributed by atoms with Gasteiger partial charge in [-0.25, -0.2) is 9.97 Å². The van der Waals surface area contributed by atoms with Gasteiger partial charge in [0.05, 0.1) is 0 Å². The molecule has 0 N–H and O–H groups in total.